The minimum atomic E-state index is -0.118. The molecule has 0 bridgehead atoms. The number of fused-ring (bicyclic) bond motifs is 1. The highest BCUT2D eigenvalue weighted by Gasteiger charge is 2.37. The zero-order valence-corrected chi connectivity index (χ0v) is 10.5. The van der Waals surface area contributed by atoms with Gasteiger partial charge in [0.1, 0.15) is 5.75 Å². The van der Waals surface area contributed by atoms with Crippen molar-refractivity contribution in [3.8, 4) is 5.75 Å². The van der Waals surface area contributed by atoms with Gasteiger partial charge in [0.05, 0.1) is 6.42 Å². The van der Waals surface area contributed by atoms with Crippen LogP contribution in [-0.4, -0.2) is 16.7 Å². The van der Waals surface area contributed by atoms with Crippen molar-refractivity contribution >= 4 is 11.6 Å². The molecule has 0 spiro atoms. The van der Waals surface area contributed by atoms with Crippen molar-refractivity contribution in [3.05, 3.63) is 42.0 Å². The Morgan fingerprint density at radius 1 is 1.37 bits per heavy atom. The van der Waals surface area contributed by atoms with Crippen molar-refractivity contribution in [3.63, 3.8) is 0 Å². The fourth-order valence-corrected chi connectivity index (χ4v) is 2.64. The van der Waals surface area contributed by atoms with Crippen LogP contribution in [0.2, 0.25) is 0 Å². The smallest absolute Gasteiger partial charge is 0.244 e. The number of rotatable bonds is 3. The van der Waals surface area contributed by atoms with Crippen LogP contribution in [0, 0.1) is 11.8 Å². The van der Waals surface area contributed by atoms with E-state index < -0.39 is 0 Å². The Morgan fingerprint density at radius 3 is 2.89 bits per heavy atom. The summed E-state index contributed by atoms with van der Waals surface area (Å²) in [5, 5.41) is 13.4. The maximum atomic E-state index is 11.7. The number of nitrogens with one attached hydrogen (secondary N) is 1. The van der Waals surface area contributed by atoms with Gasteiger partial charge in [-0.1, -0.05) is 24.3 Å². The zero-order chi connectivity index (χ0) is 13.2. The molecule has 1 aromatic carbocycles. The molecule has 0 heterocycles. The number of hydrazone groups is 1. The maximum absolute atomic E-state index is 11.7. The Labute approximate surface area is 111 Å². The summed E-state index contributed by atoms with van der Waals surface area (Å²) in [5.41, 5.74) is 4.59. The first kappa shape index (κ1) is 12.0. The van der Waals surface area contributed by atoms with E-state index >= 15 is 0 Å². The topological polar surface area (TPSA) is 61.7 Å². The predicted molar refractivity (Wildman–Crippen MR) is 72.7 cm³/mol. The molecular weight excluding hydrogens is 240 g/mol. The van der Waals surface area contributed by atoms with Gasteiger partial charge in [-0.25, -0.2) is 5.43 Å². The van der Waals surface area contributed by atoms with E-state index in [-0.39, 0.29) is 18.1 Å². The fraction of sp³-hybridized carbons (Fsp3) is 0.333. The number of phenolic OH excluding ortho intramolecular Hbond substituents is 1. The second-order valence-electron chi connectivity index (χ2n) is 5.12. The molecule has 1 fully saturated rings. The number of benzene rings is 1. The predicted octanol–water partition coefficient (Wildman–Crippen LogP) is 2.00. The number of hydrogen-bond acceptors (Lipinski definition) is 3. The zero-order valence-electron chi connectivity index (χ0n) is 10.5. The molecule has 0 saturated heterocycles. The van der Waals surface area contributed by atoms with Crippen LogP contribution in [0.4, 0.5) is 0 Å². The minimum absolute atomic E-state index is 0.118. The molecule has 98 valence electrons. The number of phenols is 1. The molecule has 2 N–H and O–H groups in total. The first-order valence-corrected chi connectivity index (χ1v) is 6.52. The van der Waals surface area contributed by atoms with E-state index in [2.05, 4.69) is 22.7 Å². The summed E-state index contributed by atoms with van der Waals surface area (Å²) in [6.45, 7) is 0. The molecule has 4 heteroatoms. The molecule has 2 atom stereocenters. The number of aromatic hydroxyl groups is 1. The lowest BCUT2D eigenvalue weighted by Gasteiger charge is -2.31. The lowest BCUT2D eigenvalue weighted by molar-refractivity contribution is -0.120. The van der Waals surface area contributed by atoms with Crippen LogP contribution in [0.25, 0.3) is 0 Å². The molecule has 2 aliphatic carbocycles. The van der Waals surface area contributed by atoms with Gasteiger partial charge in [-0.3, -0.25) is 4.79 Å². The quantitative estimate of drug-likeness (QED) is 0.642. The average molecular weight is 256 g/mol. The van der Waals surface area contributed by atoms with Gasteiger partial charge < -0.3 is 5.11 Å². The number of allylic oxidation sites excluding steroid dienone is 2. The summed E-state index contributed by atoms with van der Waals surface area (Å²) >= 11 is 0. The van der Waals surface area contributed by atoms with Crippen LogP contribution < -0.4 is 5.43 Å². The molecular formula is C15H16N2O2. The Kier molecular flexibility index (Phi) is 3.07. The second kappa shape index (κ2) is 4.88. The van der Waals surface area contributed by atoms with E-state index in [4.69, 9.17) is 5.11 Å². The maximum Gasteiger partial charge on any atom is 0.244 e. The molecule has 19 heavy (non-hydrogen) atoms. The van der Waals surface area contributed by atoms with E-state index in [1.807, 2.05) is 0 Å². The van der Waals surface area contributed by atoms with Crippen LogP contribution in [0.5, 0.6) is 5.75 Å². The number of carbonyl (C=O) groups is 1. The molecule has 3 rings (SSSR count). The van der Waals surface area contributed by atoms with E-state index in [0.717, 1.165) is 24.1 Å². The Balaban J connectivity index is 1.52. The molecule has 1 amide bonds. The summed E-state index contributed by atoms with van der Waals surface area (Å²) in [7, 11) is 0. The summed E-state index contributed by atoms with van der Waals surface area (Å²) < 4.78 is 0. The van der Waals surface area contributed by atoms with Crippen molar-refractivity contribution in [2.24, 2.45) is 16.9 Å². The Hall–Kier alpha value is -2.10. The van der Waals surface area contributed by atoms with Gasteiger partial charge in [0.25, 0.3) is 0 Å². The normalized spacial score (nSPS) is 26.0. The van der Waals surface area contributed by atoms with Gasteiger partial charge in [-0.2, -0.15) is 5.10 Å². The number of amides is 1. The van der Waals surface area contributed by atoms with E-state index in [0.29, 0.717) is 11.8 Å². The molecule has 0 aliphatic heterocycles. The molecule has 2 aliphatic rings. The minimum Gasteiger partial charge on any atom is -0.508 e. The summed E-state index contributed by atoms with van der Waals surface area (Å²) in [6.07, 6.45) is 6.74. The van der Waals surface area contributed by atoms with Crippen molar-refractivity contribution in [2.75, 3.05) is 0 Å². The van der Waals surface area contributed by atoms with Gasteiger partial charge in [0, 0.05) is 11.6 Å². The lowest BCUT2D eigenvalue weighted by Crippen LogP contribution is -2.35. The van der Waals surface area contributed by atoms with Gasteiger partial charge in [-0.05, 0) is 36.5 Å². The highest BCUT2D eigenvalue weighted by atomic mass is 16.3. The largest absolute Gasteiger partial charge is 0.508 e. The number of carbonyl (C=O) groups excluding carboxylic acids is 1. The van der Waals surface area contributed by atoms with Gasteiger partial charge in [0.15, 0.2) is 0 Å². The van der Waals surface area contributed by atoms with Crippen molar-refractivity contribution in [2.45, 2.75) is 19.3 Å². The number of hydrogen-bond donors (Lipinski definition) is 2. The molecule has 1 aromatic rings. The molecule has 0 aromatic heterocycles. The van der Waals surface area contributed by atoms with Crippen LogP contribution in [0.15, 0.2) is 41.5 Å². The van der Waals surface area contributed by atoms with E-state index in [9.17, 15) is 4.79 Å². The average Bonchev–Trinajstić information content (AvgIpc) is 2.74. The summed E-state index contributed by atoms with van der Waals surface area (Å²) in [6, 6.07) is 6.63. The molecule has 4 nitrogen and oxygen atoms in total. The third-order valence-corrected chi connectivity index (χ3v) is 3.79. The number of nitrogens with zero attached hydrogens (tertiary/aromatic N) is 1. The standard InChI is InChI=1S/C15H16N2O2/c18-12-6-4-10(5-7-12)8-15(19)17-16-14-9-11-2-1-3-13(11)14/h1-2,4-7,11,13,18H,3,8-9H2,(H,17,19)/b16-14-/t11-,13-/m0/s1. The third kappa shape index (κ3) is 2.52. The van der Waals surface area contributed by atoms with Crippen LogP contribution in [0.1, 0.15) is 18.4 Å². The van der Waals surface area contributed by atoms with Crippen molar-refractivity contribution in [1.29, 1.82) is 0 Å². The monoisotopic (exact) mass is 256 g/mol. The summed E-state index contributed by atoms with van der Waals surface area (Å²) in [5.74, 6) is 1.26. The fourth-order valence-electron chi connectivity index (χ4n) is 2.64. The Bertz CT molecular complexity index is 546. The van der Waals surface area contributed by atoms with Crippen LogP contribution >= 0.6 is 0 Å². The SMILES string of the molecule is O=C(Cc1ccc(O)cc1)N/N=C1/C[C@@H]2C=CC[C@H]12. The van der Waals surface area contributed by atoms with Gasteiger partial charge in [0.2, 0.25) is 5.91 Å². The molecule has 0 radical (unpaired) electrons. The second-order valence-corrected chi connectivity index (χ2v) is 5.12. The van der Waals surface area contributed by atoms with Crippen LogP contribution in [-0.2, 0) is 11.2 Å². The van der Waals surface area contributed by atoms with Crippen molar-refractivity contribution < 1.29 is 9.90 Å². The van der Waals surface area contributed by atoms with E-state index in [1.54, 1.807) is 24.3 Å². The summed E-state index contributed by atoms with van der Waals surface area (Å²) in [4.78, 5) is 11.7. The van der Waals surface area contributed by atoms with Crippen molar-refractivity contribution in [1.82, 2.24) is 5.43 Å². The van der Waals surface area contributed by atoms with Gasteiger partial charge >= 0.3 is 0 Å². The highest BCUT2D eigenvalue weighted by Crippen LogP contribution is 2.39. The van der Waals surface area contributed by atoms with Crippen LogP contribution in [0.3, 0.4) is 0 Å². The molecule has 1 saturated carbocycles. The highest BCUT2D eigenvalue weighted by molar-refractivity contribution is 5.95. The first-order valence-electron chi connectivity index (χ1n) is 6.52. The Morgan fingerprint density at radius 2 is 2.16 bits per heavy atom. The molecule has 0 unspecified atom stereocenters. The first-order chi connectivity index (χ1) is 9.22. The van der Waals surface area contributed by atoms with E-state index in [1.165, 1.54) is 0 Å². The van der Waals surface area contributed by atoms with Gasteiger partial charge in [-0.15, -0.1) is 0 Å². The lowest BCUT2D eigenvalue weighted by atomic mass is 9.74. The third-order valence-electron chi connectivity index (χ3n) is 3.79.